The number of hydrogen-bond acceptors (Lipinski definition) is 7. The van der Waals surface area contributed by atoms with Crippen molar-refractivity contribution in [3.63, 3.8) is 0 Å². The van der Waals surface area contributed by atoms with E-state index < -0.39 is 6.09 Å². The minimum atomic E-state index is -0.838. The average Bonchev–Trinajstić information content (AvgIpc) is 3.09. The zero-order chi connectivity index (χ0) is 27.9. The van der Waals surface area contributed by atoms with E-state index in [-0.39, 0.29) is 29.5 Å². The second-order valence-corrected chi connectivity index (χ2v) is 11.2. The van der Waals surface area contributed by atoms with Crippen LogP contribution in [0.3, 0.4) is 0 Å². The number of hydrogen-bond donors (Lipinski definition) is 1. The van der Waals surface area contributed by atoms with Gasteiger partial charge in [0, 0.05) is 56.2 Å². The number of piperidine rings is 1. The van der Waals surface area contributed by atoms with Crippen molar-refractivity contribution in [1.82, 2.24) is 19.7 Å². The Kier molecular flexibility index (Phi) is 6.84. The van der Waals surface area contributed by atoms with Gasteiger partial charge in [-0.05, 0) is 81.0 Å². The Balaban J connectivity index is 1.40. The highest BCUT2D eigenvalue weighted by molar-refractivity contribution is 5.74. The minimum Gasteiger partial charge on any atom is -0.467 e. The normalized spacial score (nSPS) is 24.0. The highest BCUT2D eigenvalue weighted by Crippen LogP contribution is 2.51. The van der Waals surface area contributed by atoms with E-state index in [0.717, 1.165) is 48.2 Å². The van der Waals surface area contributed by atoms with E-state index in [1.54, 1.807) is 31.3 Å². The second-order valence-electron chi connectivity index (χ2n) is 11.2. The molecule has 1 unspecified atom stereocenters. The molecule has 206 valence electrons. The fraction of sp³-hybridized carbons (Fsp3) is 0.448. The molecule has 10 heteroatoms. The third kappa shape index (κ3) is 4.85. The largest absolute Gasteiger partial charge is 0.467 e. The maximum absolute atomic E-state index is 12.1. The minimum absolute atomic E-state index is 0.0633. The monoisotopic (exact) mass is 533 g/mol. The summed E-state index contributed by atoms with van der Waals surface area (Å²) in [5.41, 5.74) is 2.18. The Morgan fingerprint density at radius 2 is 1.77 bits per heavy atom. The zero-order valence-electron chi connectivity index (χ0n) is 23.0. The van der Waals surface area contributed by atoms with E-state index in [2.05, 4.69) is 28.9 Å². The van der Waals surface area contributed by atoms with E-state index in [9.17, 15) is 14.7 Å². The van der Waals surface area contributed by atoms with Crippen LogP contribution in [-0.4, -0.2) is 68.9 Å². The number of rotatable bonds is 7. The molecular weight excluding hydrogens is 498 g/mol. The van der Waals surface area contributed by atoms with Crippen LogP contribution in [0.25, 0.3) is 22.4 Å². The van der Waals surface area contributed by atoms with Gasteiger partial charge in [-0.3, -0.25) is 9.69 Å². The second kappa shape index (κ2) is 10.00. The smallest absolute Gasteiger partial charge is 0.408 e. The van der Waals surface area contributed by atoms with Gasteiger partial charge in [0.1, 0.15) is 5.75 Å². The number of benzene rings is 1. The van der Waals surface area contributed by atoms with Crippen molar-refractivity contribution in [2.45, 2.75) is 56.7 Å². The van der Waals surface area contributed by atoms with Gasteiger partial charge in [0.2, 0.25) is 0 Å². The maximum atomic E-state index is 12.1. The Hall–Kier alpha value is -3.92. The van der Waals surface area contributed by atoms with Gasteiger partial charge in [-0.1, -0.05) is 6.07 Å². The first-order chi connectivity index (χ1) is 18.5. The lowest BCUT2D eigenvalue weighted by atomic mass is 9.82. The van der Waals surface area contributed by atoms with Crippen LogP contribution in [0.4, 0.5) is 10.6 Å². The third-order valence-electron chi connectivity index (χ3n) is 8.41. The van der Waals surface area contributed by atoms with Crippen molar-refractivity contribution in [1.29, 1.82) is 0 Å². The molecule has 0 saturated carbocycles. The number of carbonyl (C=O) groups is 1. The summed E-state index contributed by atoms with van der Waals surface area (Å²) in [6, 6.07) is 13.2. The summed E-state index contributed by atoms with van der Waals surface area (Å²) in [6.07, 6.45) is 4.11. The number of amides is 1. The van der Waals surface area contributed by atoms with E-state index in [0.29, 0.717) is 11.4 Å². The van der Waals surface area contributed by atoms with Gasteiger partial charge in [0.15, 0.2) is 12.6 Å². The maximum Gasteiger partial charge on any atom is 0.408 e. The number of carboxylic acid groups (broad SMARTS) is 1. The van der Waals surface area contributed by atoms with Gasteiger partial charge in [-0.15, -0.1) is 10.2 Å². The van der Waals surface area contributed by atoms with Gasteiger partial charge in [0.05, 0.1) is 5.69 Å². The molecule has 3 aromatic rings. The lowest BCUT2D eigenvalue weighted by molar-refractivity contribution is 0.0131. The molecule has 2 aromatic heterocycles. The van der Waals surface area contributed by atoms with Crippen molar-refractivity contribution in [3.8, 4) is 28.1 Å². The molecule has 2 saturated heterocycles. The molecule has 0 aliphatic carbocycles. The summed E-state index contributed by atoms with van der Waals surface area (Å²) >= 11 is 0. The summed E-state index contributed by atoms with van der Waals surface area (Å²) in [5.74, 6) is 1.30. The summed E-state index contributed by atoms with van der Waals surface area (Å²) in [7, 11) is 5.28. The molecule has 0 spiro atoms. The number of aromatic nitrogens is 3. The quantitative estimate of drug-likeness (QED) is 0.446. The lowest BCUT2D eigenvalue weighted by Crippen LogP contribution is -2.62. The van der Waals surface area contributed by atoms with Crippen LogP contribution in [0.1, 0.15) is 39.5 Å². The molecule has 39 heavy (non-hydrogen) atoms. The zero-order valence-corrected chi connectivity index (χ0v) is 23.0. The van der Waals surface area contributed by atoms with E-state index in [1.807, 2.05) is 43.4 Å². The van der Waals surface area contributed by atoms with Gasteiger partial charge in [-0.25, -0.2) is 4.79 Å². The Labute approximate surface area is 227 Å². The number of nitrogens with zero attached hydrogens (tertiary/aromatic N) is 5. The van der Waals surface area contributed by atoms with Crippen LogP contribution in [0.2, 0.25) is 0 Å². The topological polar surface area (TPSA) is 110 Å². The molecule has 0 radical (unpaired) electrons. The predicted molar refractivity (Wildman–Crippen MR) is 148 cm³/mol. The Morgan fingerprint density at radius 1 is 1.08 bits per heavy atom. The van der Waals surface area contributed by atoms with E-state index in [4.69, 9.17) is 9.47 Å². The van der Waals surface area contributed by atoms with Crippen LogP contribution < -0.4 is 15.2 Å². The molecule has 1 aromatic carbocycles. The van der Waals surface area contributed by atoms with Crippen LogP contribution in [-0.2, 0) is 11.8 Å². The van der Waals surface area contributed by atoms with Gasteiger partial charge < -0.3 is 24.0 Å². The average molecular weight is 534 g/mol. The fourth-order valence-electron chi connectivity index (χ4n) is 6.35. The molecule has 1 amide bonds. The van der Waals surface area contributed by atoms with Crippen molar-refractivity contribution in [3.05, 3.63) is 59.0 Å². The van der Waals surface area contributed by atoms with Gasteiger partial charge >= 0.3 is 6.09 Å². The summed E-state index contributed by atoms with van der Waals surface area (Å²) in [6.45, 7) is 4.17. The highest BCUT2D eigenvalue weighted by atomic mass is 16.7. The fourth-order valence-corrected chi connectivity index (χ4v) is 6.35. The first kappa shape index (κ1) is 26.7. The first-order valence-electron chi connectivity index (χ1n) is 13.1. The molecular formula is C29H35N5O5. The van der Waals surface area contributed by atoms with Crippen LogP contribution in [0, 0.1) is 0 Å². The van der Waals surface area contributed by atoms with Crippen LogP contribution >= 0.6 is 0 Å². The van der Waals surface area contributed by atoms with Crippen molar-refractivity contribution in [2.24, 2.45) is 7.05 Å². The Bertz CT molecular complexity index is 1420. The van der Waals surface area contributed by atoms with Crippen molar-refractivity contribution >= 4 is 11.9 Å². The van der Waals surface area contributed by atoms with Crippen LogP contribution in [0.5, 0.6) is 5.75 Å². The van der Waals surface area contributed by atoms with E-state index >= 15 is 0 Å². The summed E-state index contributed by atoms with van der Waals surface area (Å²) in [5, 5.41) is 18.9. The predicted octanol–water partition coefficient (Wildman–Crippen LogP) is 4.38. The highest BCUT2D eigenvalue weighted by Gasteiger charge is 2.58. The Morgan fingerprint density at radius 3 is 2.36 bits per heavy atom. The number of ether oxygens (including phenoxy) is 2. The summed E-state index contributed by atoms with van der Waals surface area (Å²) in [4.78, 5) is 28.0. The molecule has 1 N–H and O–H groups in total. The number of aryl methyl sites for hydroxylation is 1. The summed E-state index contributed by atoms with van der Waals surface area (Å²) < 4.78 is 12.5. The molecule has 10 nitrogen and oxygen atoms in total. The molecule has 2 fully saturated rings. The molecule has 2 aliphatic rings. The molecule has 2 aliphatic heterocycles. The molecule has 4 heterocycles. The van der Waals surface area contributed by atoms with Crippen LogP contribution in [0.15, 0.2) is 53.5 Å². The van der Waals surface area contributed by atoms with E-state index in [1.165, 1.54) is 4.57 Å². The number of anilines is 1. The molecule has 2 bridgehead atoms. The van der Waals surface area contributed by atoms with Gasteiger partial charge in [-0.2, -0.15) is 0 Å². The number of pyridine rings is 1. The lowest BCUT2D eigenvalue weighted by Gasteiger charge is -2.51. The third-order valence-corrected chi connectivity index (χ3v) is 8.41. The number of fused-ring (bicyclic) bond motifs is 2. The standard InChI is InChI=1S/C29H35N5O5/c1-28-11-12-29(2,34(28)27(36)37)17-21(16-28)33(4)25-9-8-23(30-31-25)22-7-6-19(14-24(22)39-18-38-5)20-10-13-32(3)26(35)15-20/h6-10,13-15,21H,11-12,16-18H2,1-5H3,(H,36,37)/t21?,28-,29+. The number of methoxy groups -OCH3 is 1. The SMILES string of the molecule is COCOc1cc(-c2ccn(C)c(=O)c2)ccc1-c1ccc(N(C)C2C[C@]3(C)CC[C@](C)(C2)N3C(=O)O)nn1. The molecule has 3 atom stereocenters. The van der Waals surface area contributed by atoms with Crippen molar-refractivity contribution in [2.75, 3.05) is 25.9 Å². The van der Waals surface area contributed by atoms with Gasteiger partial charge in [0.25, 0.3) is 5.56 Å². The first-order valence-corrected chi connectivity index (χ1v) is 13.1. The van der Waals surface area contributed by atoms with Crippen molar-refractivity contribution < 1.29 is 19.4 Å². The molecule has 5 rings (SSSR count).